The molecule has 0 aromatic heterocycles. The highest BCUT2D eigenvalue weighted by molar-refractivity contribution is 7.89. The molecular formula is C12H21N3O2S. The van der Waals surface area contributed by atoms with Crippen LogP contribution in [0.25, 0.3) is 0 Å². The normalized spacial score (nSPS) is 13.8. The van der Waals surface area contributed by atoms with Crippen molar-refractivity contribution in [1.29, 1.82) is 0 Å². The van der Waals surface area contributed by atoms with Gasteiger partial charge in [0.2, 0.25) is 10.0 Å². The van der Waals surface area contributed by atoms with E-state index >= 15 is 0 Å². The number of likely N-dealkylation sites (N-methyl/N-ethyl adjacent to an activating group) is 1. The summed E-state index contributed by atoms with van der Waals surface area (Å²) in [7, 11) is 0.344. The second-order valence-electron chi connectivity index (χ2n) is 4.56. The molecule has 0 radical (unpaired) electrons. The molecule has 0 bridgehead atoms. The second-order valence-corrected chi connectivity index (χ2v) is 6.33. The summed E-state index contributed by atoms with van der Waals surface area (Å²) in [6, 6.07) is 6.54. The molecule has 0 heterocycles. The summed E-state index contributed by atoms with van der Waals surface area (Å²) < 4.78 is 26.6. The Kier molecular flexibility index (Phi) is 5.28. The third-order valence-electron chi connectivity index (χ3n) is 2.55. The first-order valence-corrected chi connectivity index (χ1v) is 7.31. The number of benzene rings is 1. The molecule has 0 spiro atoms. The van der Waals surface area contributed by atoms with Crippen LogP contribution in [-0.2, 0) is 10.0 Å². The van der Waals surface area contributed by atoms with E-state index in [1.54, 1.807) is 18.2 Å². The van der Waals surface area contributed by atoms with Gasteiger partial charge in [-0.25, -0.2) is 13.1 Å². The number of nitrogens with two attached hydrogens (primary N) is 1. The zero-order chi connectivity index (χ0) is 13.8. The molecule has 1 aromatic rings. The van der Waals surface area contributed by atoms with E-state index in [9.17, 15) is 8.42 Å². The van der Waals surface area contributed by atoms with Gasteiger partial charge in [-0.15, -0.1) is 0 Å². The SMILES string of the molecule is CC(N)c1cccc(S(=O)(=O)NCCN(C)C)c1. The highest BCUT2D eigenvalue weighted by Gasteiger charge is 2.14. The van der Waals surface area contributed by atoms with Crippen LogP contribution in [0.5, 0.6) is 0 Å². The van der Waals surface area contributed by atoms with Crippen molar-refractivity contribution in [3.8, 4) is 0 Å². The molecule has 0 aliphatic rings. The third kappa shape index (κ3) is 4.38. The standard InChI is InChI=1S/C12H21N3O2S/c1-10(13)11-5-4-6-12(9-11)18(16,17)14-7-8-15(2)3/h4-6,9-10,14H,7-8,13H2,1-3H3. The average Bonchev–Trinajstić information content (AvgIpc) is 2.28. The van der Waals surface area contributed by atoms with Crippen LogP contribution < -0.4 is 10.5 Å². The molecule has 1 atom stereocenters. The molecule has 1 aromatic carbocycles. The Morgan fingerprint density at radius 3 is 2.61 bits per heavy atom. The highest BCUT2D eigenvalue weighted by Crippen LogP contribution is 2.15. The van der Waals surface area contributed by atoms with Crippen molar-refractivity contribution in [2.75, 3.05) is 27.2 Å². The Bertz CT molecular complexity index is 484. The second kappa shape index (κ2) is 6.29. The van der Waals surface area contributed by atoms with Gasteiger partial charge in [-0.2, -0.15) is 0 Å². The Balaban J connectivity index is 2.81. The minimum atomic E-state index is -3.44. The van der Waals surface area contributed by atoms with Crippen LogP contribution in [-0.4, -0.2) is 40.5 Å². The fourth-order valence-electron chi connectivity index (χ4n) is 1.45. The number of hydrogen-bond acceptors (Lipinski definition) is 4. The molecule has 0 fully saturated rings. The van der Waals surface area contributed by atoms with Gasteiger partial charge in [0.1, 0.15) is 0 Å². The zero-order valence-corrected chi connectivity index (χ0v) is 11.9. The van der Waals surface area contributed by atoms with E-state index in [1.165, 1.54) is 0 Å². The van der Waals surface area contributed by atoms with Crippen LogP contribution in [0, 0.1) is 0 Å². The minimum Gasteiger partial charge on any atom is -0.324 e. The van der Waals surface area contributed by atoms with Crippen LogP contribution in [0.3, 0.4) is 0 Å². The first-order chi connectivity index (χ1) is 8.33. The smallest absolute Gasteiger partial charge is 0.240 e. The summed E-state index contributed by atoms with van der Waals surface area (Å²) in [6.07, 6.45) is 0. The van der Waals surface area contributed by atoms with Gasteiger partial charge in [-0.3, -0.25) is 0 Å². The van der Waals surface area contributed by atoms with Crippen molar-refractivity contribution in [1.82, 2.24) is 9.62 Å². The predicted molar refractivity (Wildman–Crippen MR) is 72.8 cm³/mol. The maximum atomic E-state index is 12.0. The lowest BCUT2D eigenvalue weighted by Crippen LogP contribution is -2.31. The Morgan fingerprint density at radius 1 is 1.39 bits per heavy atom. The van der Waals surface area contributed by atoms with Crippen molar-refractivity contribution >= 4 is 10.0 Å². The topological polar surface area (TPSA) is 75.4 Å². The van der Waals surface area contributed by atoms with E-state index in [4.69, 9.17) is 5.73 Å². The van der Waals surface area contributed by atoms with Crippen LogP contribution in [0.2, 0.25) is 0 Å². The number of sulfonamides is 1. The molecule has 1 rings (SSSR count). The van der Waals surface area contributed by atoms with E-state index < -0.39 is 10.0 Å². The molecule has 0 aliphatic heterocycles. The maximum Gasteiger partial charge on any atom is 0.240 e. The highest BCUT2D eigenvalue weighted by atomic mass is 32.2. The fraction of sp³-hybridized carbons (Fsp3) is 0.500. The van der Waals surface area contributed by atoms with Crippen molar-refractivity contribution < 1.29 is 8.42 Å². The molecule has 0 saturated heterocycles. The van der Waals surface area contributed by atoms with Gasteiger partial charge < -0.3 is 10.6 Å². The lowest BCUT2D eigenvalue weighted by molar-refractivity contribution is 0.412. The Hall–Kier alpha value is -0.950. The first-order valence-electron chi connectivity index (χ1n) is 5.83. The molecule has 18 heavy (non-hydrogen) atoms. The molecule has 1 unspecified atom stereocenters. The van der Waals surface area contributed by atoms with Crippen LogP contribution >= 0.6 is 0 Å². The average molecular weight is 271 g/mol. The summed E-state index contributed by atoms with van der Waals surface area (Å²) in [5.74, 6) is 0. The molecule has 5 nitrogen and oxygen atoms in total. The summed E-state index contributed by atoms with van der Waals surface area (Å²) in [5.41, 5.74) is 6.55. The minimum absolute atomic E-state index is 0.179. The lowest BCUT2D eigenvalue weighted by atomic mass is 10.1. The van der Waals surface area contributed by atoms with Gasteiger partial charge in [0.25, 0.3) is 0 Å². The number of nitrogens with zero attached hydrogens (tertiary/aromatic N) is 1. The van der Waals surface area contributed by atoms with Crippen molar-refractivity contribution in [3.05, 3.63) is 29.8 Å². The predicted octanol–water partition coefficient (Wildman–Crippen LogP) is 0.546. The number of nitrogens with one attached hydrogen (secondary N) is 1. The molecule has 6 heteroatoms. The van der Waals surface area contributed by atoms with E-state index in [2.05, 4.69) is 4.72 Å². The molecule has 0 saturated carbocycles. The monoisotopic (exact) mass is 271 g/mol. The van der Waals surface area contributed by atoms with E-state index in [-0.39, 0.29) is 10.9 Å². The zero-order valence-electron chi connectivity index (χ0n) is 11.1. The Labute approximate surface area is 109 Å². The van der Waals surface area contributed by atoms with E-state index in [0.717, 1.165) is 5.56 Å². The van der Waals surface area contributed by atoms with Gasteiger partial charge in [0.05, 0.1) is 4.90 Å². The summed E-state index contributed by atoms with van der Waals surface area (Å²) in [5, 5.41) is 0. The molecular weight excluding hydrogens is 250 g/mol. The summed E-state index contributed by atoms with van der Waals surface area (Å²) in [4.78, 5) is 2.18. The third-order valence-corrected chi connectivity index (χ3v) is 4.00. The van der Waals surface area contributed by atoms with E-state index in [0.29, 0.717) is 13.1 Å². The van der Waals surface area contributed by atoms with Gasteiger partial charge in [0, 0.05) is 19.1 Å². The van der Waals surface area contributed by atoms with Crippen LogP contribution in [0.4, 0.5) is 0 Å². The molecule has 102 valence electrons. The van der Waals surface area contributed by atoms with Gasteiger partial charge >= 0.3 is 0 Å². The largest absolute Gasteiger partial charge is 0.324 e. The fourth-order valence-corrected chi connectivity index (χ4v) is 2.53. The van der Waals surface area contributed by atoms with Crippen molar-refractivity contribution in [2.24, 2.45) is 5.73 Å². The lowest BCUT2D eigenvalue weighted by Gasteiger charge is -2.12. The first kappa shape index (κ1) is 15.1. The quantitative estimate of drug-likeness (QED) is 0.792. The molecule has 3 N–H and O–H groups in total. The van der Waals surface area contributed by atoms with Crippen molar-refractivity contribution in [2.45, 2.75) is 17.9 Å². The van der Waals surface area contributed by atoms with Gasteiger partial charge in [-0.1, -0.05) is 12.1 Å². The molecule has 0 amide bonds. The van der Waals surface area contributed by atoms with Gasteiger partial charge in [-0.05, 0) is 38.7 Å². The van der Waals surface area contributed by atoms with Crippen LogP contribution in [0.15, 0.2) is 29.2 Å². The van der Waals surface area contributed by atoms with Gasteiger partial charge in [0.15, 0.2) is 0 Å². The number of hydrogen-bond donors (Lipinski definition) is 2. The van der Waals surface area contributed by atoms with E-state index in [1.807, 2.05) is 32.0 Å². The van der Waals surface area contributed by atoms with Crippen molar-refractivity contribution in [3.63, 3.8) is 0 Å². The summed E-state index contributed by atoms with van der Waals surface area (Å²) >= 11 is 0. The summed E-state index contributed by atoms with van der Waals surface area (Å²) in [6.45, 7) is 2.87. The molecule has 0 aliphatic carbocycles. The van der Waals surface area contributed by atoms with Crippen LogP contribution in [0.1, 0.15) is 18.5 Å². The maximum absolute atomic E-state index is 12.0. The Morgan fingerprint density at radius 2 is 2.06 bits per heavy atom. The number of rotatable bonds is 6.